The highest BCUT2D eigenvalue weighted by Crippen LogP contribution is 2.03. The van der Waals surface area contributed by atoms with E-state index in [4.69, 9.17) is 5.14 Å². The first-order chi connectivity index (χ1) is 7.61. The van der Waals surface area contributed by atoms with Crippen LogP contribution in [0.5, 0.6) is 0 Å². The van der Waals surface area contributed by atoms with Gasteiger partial charge in [-0.25, -0.2) is 13.6 Å². The SMILES string of the molecule is C1CCNCC1.NS(=O)(=O)c1ccccc1. The molecule has 0 unspecified atom stereocenters. The second-order valence-corrected chi connectivity index (χ2v) is 5.23. The quantitative estimate of drug-likeness (QED) is 0.774. The second kappa shape index (κ2) is 6.62. The van der Waals surface area contributed by atoms with Gasteiger partial charge >= 0.3 is 0 Å². The van der Waals surface area contributed by atoms with Crippen LogP contribution >= 0.6 is 0 Å². The second-order valence-electron chi connectivity index (χ2n) is 3.67. The van der Waals surface area contributed by atoms with Gasteiger partial charge in [0.15, 0.2) is 0 Å². The van der Waals surface area contributed by atoms with Crippen molar-refractivity contribution >= 4 is 10.0 Å². The summed E-state index contributed by atoms with van der Waals surface area (Å²) in [5.41, 5.74) is 0. The van der Waals surface area contributed by atoms with E-state index >= 15 is 0 Å². The van der Waals surface area contributed by atoms with Gasteiger partial charge in [0, 0.05) is 0 Å². The van der Waals surface area contributed by atoms with Gasteiger partial charge < -0.3 is 5.32 Å². The largest absolute Gasteiger partial charge is 0.317 e. The van der Waals surface area contributed by atoms with Crippen molar-refractivity contribution in [1.82, 2.24) is 5.32 Å². The fraction of sp³-hybridized carbons (Fsp3) is 0.455. The Morgan fingerprint density at radius 2 is 1.56 bits per heavy atom. The lowest BCUT2D eigenvalue weighted by Gasteiger charge is -2.08. The summed E-state index contributed by atoms with van der Waals surface area (Å²) in [7, 11) is -3.50. The molecule has 3 N–H and O–H groups in total. The lowest BCUT2D eigenvalue weighted by molar-refractivity contribution is 0.520. The summed E-state index contributed by atoms with van der Waals surface area (Å²) in [5.74, 6) is 0. The topological polar surface area (TPSA) is 72.2 Å². The molecule has 1 fully saturated rings. The number of nitrogens with two attached hydrogens (primary N) is 1. The van der Waals surface area contributed by atoms with Gasteiger partial charge in [-0.1, -0.05) is 24.6 Å². The van der Waals surface area contributed by atoms with E-state index in [1.54, 1.807) is 18.2 Å². The molecule has 1 aliphatic heterocycles. The molecule has 1 saturated heterocycles. The summed E-state index contributed by atoms with van der Waals surface area (Å²) in [6.45, 7) is 2.50. The molecule has 0 saturated carbocycles. The number of rotatable bonds is 1. The van der Waals surface area contributed by atoms with Crippen LogP contribution < -0.4 is 10.5 Å². The minimum absolute atomic E-state index is 0.148. The molecule has 0 spiro atoms. The predicted molar refractivity (Wildman–Crippen MR) is 64.5 cm³/mol. The van der Waals surface area contributed by atoms with Crippen LogP contribution in [0.15, 0.2) is 35.2 Å². The van der Waals surface area contributed by atoms with Crippen LogP contribution in [0.3, 0.4) is 0 Å². The molecule has 0 bridgehead atoms. The molecular formula is C11H18N2O2S. The van der Waals surface area contributed by atoms with E-state index in [2.05, 4.69) is 5.32 Å². The van der Waals surface area contributed by atoms with E-state index in [1.165, 1.54) is 44.5 Å². The smallest absolute Gasteiger partial charge is 0.238 e. The maximum Gasteiger partial charge on any atom is 0.238 e. The molecule has 2 rings (SSSR count). The van der Waals surface area contributed by atoms with Gasteiger partial charge in [0.2, 0.25) is 10.0 Å². The van der Waals surface area contributed by atoms with E-state index in [0.717, 1.165) is 0 Å². The molecule has 0 radical (unpaired) electrons. The molecule has 5 heteroatoms. The van der Waals surface area contributed by atoms with Crippen molar-refractivity contribution < 1.29 is 8.42 Å². The number of nitrogens with one attached hydrogen (secondary N) is 1. The first-order valence-corrected chi connectivity index (χ1v) is 6.94. The lowest BCUT2D eigenvalue weighted by atomic mass is 10.2. The third-order valence-corrected chi connectivity index (χ3v) is 3.21. The number of hydrogen-bond donors (Lipinski definition) is 2. The highest BCUT2D eigenvalue weighted by molar-refractivity contribution is 7.89. The Morgan fingerprint density at radius 3 is 1.81 bits per heavy atom. The third kappa shape index (κ3) is 5.25. The number of hydrogen-bond acceptors (Lipinski definition) is 3. The van der Waals surface area contributed by atoms with Crippen molar-refractivity contribution in [2.24, 2.45) is 5.14 Å². The molecular weight excluding hydrogens is 224 g/mol. The summed E-state index contributed by atoms with van der Waals surface area (Å²) in [4.78, 5) is 0.148. The van der Waals surface area contributed by atoms with Crippen LogP contribution in [-0.2, 0) is 10.0 Å². The lowest BCUT2D eigenvalue weighted by Crippen LogP contribution is -2.21. The van der Waals surface area contributed by atoms with Gasteiger partial charge in [-0.3, -0.25) is 0 Å². The van der Waals surface area contributed by atoms with Gasteiger partial charge in [-0.2, -0.15) is 0 Å². The molecule has 1 aromatic carbocycles. The zero-order chi connectivity index (χ0) is 11.9. The van der Waals surface area contributed by atoms with Crippen LogP contribution in [-0.4, -0.2) is 21.5 Å². The standard InChI is InChI=1S/C6H7NO2S.C5H11N/c7-10(8,9)6-4-2-1-3-5-6;1-2-4-6-5-3-1/h1-5H,(H2,7,8,9);6H,1-5H2. The average Bonchev–Trinajstić information content (AvgIpc) is 2.32. The minimum atomic E-state index is -3.50. The van der Waals surface area contributed by atoms with E-state index < -0.39 is 10.0 Å². The highest BCUT2D eigenvalue weighted by atomic mass is 32.2. The van der Waals surface area contributed by atoms with Crippen LogP contribution in [0.2, 0.25) is 0 Å². The van der Waals surface area contributed by atoms with E-state index in [-0.39, 0.29) is 4.90 Å². The Morgan fingerprint density at radius 1 is 1.00 bits per heavy atom. The van der Waals surface area contributed by atoms with E-state index in [0.29, 0.717) is 0 Å². The molecule has 0 amide bonds. The van der Waals surface area contributed by atoms with Crippen molar-refractivity contribution in [2.45, 2.75) is 24.2 Å². The number of benzene rings is 1. The fourth-order valence-electron chi connectivity index (χ4n) is 1.41. The monoisotopic (exact) mass is 242 g/mol. The first kappa shape index (κ1) is 13.2. The van der Waals surface area contributed by atoms with Crippen molar-refractivity contribution in [3.05, 3.63) is 30.3 Å². The van der Waals surface area contributed by atoms with Crippen LogP contribution in [0.1, 0.15) is 19.3 Å². The van der Waals surface area contributed by atoms with Gasteiger partial charge in [0.05, 0.1) is 4.90 Å². The van der Waals surface area contributed by atoms with Crippen LogP contribution in [0.25, 0.3) is 0 Å². The summed E-state index contributed by atoms with van der Waals surface area (Å²) in [5, 5.41) is 8.11. The van der Waals surface area contributed by atoms with Crippen molar-refractivity contribution in [3.63, 3.8) is 0 Å². The van der Waals surface area contributed by atoms with E-state index in [1.807, 2.05) is 0 Å². The molecule has 1 aromatic rings. The zero-order valence-electron chi connectivity index (χ0n) is 9.22. The normalized spacial score (nSPS) is 16.1. The van der Waals surface area contributed by atoms with Crippen molar-refractivity contribution in [3.8, 4) is 0 Å². The van der Waals surface area contributed by atoms with E-state index in [9.17, 15) is 8.42 Å². The molecule has 0 atom stereocenters. The molecule has 1 aliphatic rings. The third-order valence-electron chi connectivity index (χ3n) is 2.28. The summed E-state index contributed by atoms with van der Waals surface area (Å²) < 4.78 is 21.2. The fourth-order valence-corrected chi connectivity index (χ4v) is 1.95. The van der Waals surface area contributed by atoms with Gasteiger partial charge in [0.1, 0.15) is 0 Å². The van der Waals surface area contributed by atoms with Crippen molar-refractivity contribution in [1.29, 1.82) is 0 Å². The molecule has 16 heavy (non-hydrogen) atoms. The zero-order valence-corrected chi connectivity index (χ0v) is 10.0. The Balaban J connectivity index is 0.000000181. The number of piperidine rings is 1. The Kier molecular flexibility index (Phi) is 5.45. The predicted octanol–water partition coefficient (Wildman–Crippen LogP) is 1.09. The van der Waals surface area contributed by atoms with Crippen molar-refractivity contribution in [2.75, 3.05) is 13.1 Å². The van der Waals surface area contributed by atoms with Crippen LogP contribution in [0.4, 0.5) is 0 Å². The van der Waals surface area contributed by atoms with Gasteiger partial charge in [0.25, 0.3) is 0 Å². The molecule has 1 heterocycles. The Bertz CT molecular complexity index is 374. The highest BCUT2D eigenvalue weighted by Gasteiger charge is 2.03. The minimum Gasteiger partial charge on any atom is -0.317 e. The molecule has 4 nitrogen and oxygen atoms in total. The average molecular weight is 242 g/mol. The summed E-state index contributed by atoms with van der Waals surface area (Å²) >= 11 is 0. The Hall–Kier alpha value is -0.910. The summed E-state index contributed by atoms with van der Waals surface area (Å²) in [6.07, 6.45) is 4.22. The maximum atomic E-state index is 10.6. The number of sulfonamides is 1. The van der Waals surface area contributed by atoms with Gasteiger partial charge in [-0.15, -0.1) is 0 Å². The maximum absolute atomic E-state index is 10.6. The first-order valence-electron chi connectivity index (χ1n) is 5.39. The van der Waals surface area contributed by atoms with Crippen LogP contribution in [0, 0.1) is 0 Å². The van der Waals surface area contributed by atoms with Gasteiger partial charge in [-0.05, 0) is 38.1 Å². The Labute approximate surface area is 96.9 Å². The molecule has 0 aliphatic carbocycles. The number of primary sulfonamides is 1. The molecule has 0 aromatic heterocycles. The summed E-state index contributed by atoms with van der Waals surface area (Å²) in [6, 6.07) is 7.89. The molecule has 90 valence electrons.